The first-order chi connectivity index (χ1) is 21.5. The van der Waals surface area contributed by atoms with Crippen LogP contribution in [0.15, 0.2) is 97.1 Å². The molecular formula is C41H68HfN3-7. The molecule has 0 aliphatic heterocycles. The van der Waals surface area contributed by atoms with E-state index in [1.807, 2.05) is 20.8 Å². The summed E-state index contributed by atoms with van der Waals surface area (Å²) in [6, 6.07) is 34.1. The van der Waals surface area contributed by atoms with Crippen LogP contribution in [0.1, 0.15) is 96.4 Å². The van der Waals surface area contributed by atoms with E-state index in [4.69, 9.17) is 0 Å². The van der Waals surface area contributed by atoms with E-state index in [0.29, 0.717) is 0 Å². The molecule has 0 heterocycles. The molecule has 4 aromatic carbocycles. The summed E-state index contributed by atoms with van der Waals surface area (Å²) in [5.41, 5.74) is 5.86. The van der Waals surface area contributed by atoms with Gasteiger partial charge in [0, 0.05) is 25.8 Å². The number of hydrogen-bond donors (Lipinski definition) is 0. The predicted molar refractivity (Wildman–Crippen MR) is 204 cm³/mol. The Bertz CT molecular complexity index is 747. The molecule has 0 spiro atoms. The van der Waals surface area contributed by atoms with Crippen LogP contribution in [0.25, 0.3) is 16.0 Å². The number of rotatable bonds is 11. The summed E-state index contributed by atoms with van der Waals surface area (Å²) in [7, 11) is 5.42. The Balaban J connectivity index is -0.000000222. The van der Waals surface area contributed by atoms with Gasteiger partial charge in [0.15, 0.2) is 0 Å². The third-order valence-corrected chi connectivity index (χ3v) is 6.03. The van der Waals surface area contributed by atoms with Gasteiger partial charge in [-0.2, -0.15) is 112 Å². The fraction of sp³-hybridized carbons (Fsp3) is 0.512. The second-order valence-corrected chi connectivity index (χ2v) is 10.1. The van der Waals surface area contributed by atoms with E-state index in [2.05, 4.69) is 141 Å². The summed E-state index contributed by atoms with van der Waals surface area (Å²) in [4.78, 5) is 0. The summed E-state index contributed by atoms with van der Waals surface area (Å²) < 4.78 is 0. The SMILES string of the molecule is CCC[c-]1cccc1.CCC[c-]1cccc1.CCC[c-]1cccc1.CCC[c-]1cccc1.CC[N-]C.CC[N-]C.CC[N-]C.[Hf]. The van der Waals surface area contributed by atoms with Gasteiger partial charge >= 0.3 is 0 Å². The molecule has 45 heavy (non-hydrogen) atoms. The van der Waals surface area contributed by atoms with Gasteiger partial charge in [0.25, 0.3) is 0 Å². The quantitative estimate of drug-likeness (QED) is 0.107. The zero-order chi connectivity index (χ0) is 33.5. The van der Waals surface area contributed by atoms with E-state index in [0.717, 1.165) is 19.6 Å². The molecule has 0 bridgehead atoms. The van der Waals surface area contributed by atoms with Gasteiger partial charge in [-0.25, -0.2) is 48.5 Å². The molecule has 4 aromatic rings. The first-order valence-corrected chi connectivity index (χ1v) is 17.0. The first-order valence-electron chi connectivity index (χ1n) is 17.0. The maximum atomic E-state index is 3.74. The molecule has 258 valence electrons. The van der Waals surface area contributed by atoms with Crippen molar-refractivity contribution in [2.75, 3.05) is 40.8 Å². The van der Waals surface area contributed by atoms with Crippen LogP contribution < -0.4 is 0 Å². The van der Waals surface area contributed by atoms with E-state index in [1.54, 1.807) is 21.1 Å². The molecule has 0 atom stereocenters. The molecule has 0 saturated heterocycles. The molecule has 0 fully saturated rings. The van der Waals surface area contributed by atoms with Gasteiger partial charge < -0.3 is 16.0 Å². The number of nitrogens with zero attached hydrogens (tertiary/aromatic N) is 3. The zero-order valence-corrected chi connectivity index (χ0v) is 34.5. The van der Waals surface area contributed by atoms with Crippen LogP contribution in [0, 0.1) is 0 Å². The van der Waals surface area contributed by atoms with Crippen LogP contribution in [-0.2, 0) is 51.5 Å². The Morgan fingerprint density at radius 2 is 0.467 bits per heavy atom. The molecule has 0 unspecified atom stereocenters. The van der Waals surface area contributed by atoms with Crippen molar-refractivity contribution in [1.29, 1.82) is 0 Å². The van der Waals surface area contributed by atoms with Gasteiger partial charge in [0.2, 0.25) is 0 Å². The predicted octanol–water partition coefficient (Wildman–Crippen LogP) is 12.5. The maximum absolute atomic E-state index is 3.74. The van der Waals surface area contributed by atoms with Crippen molar-refractivity contribution in [2.24, 2.45) is 0 Å². The van der Waals surface area contributed by atoms with Crippen LogP contribution in [-0.4, -0.2) is 40.8 Å². The molecular weight excluding hydrogens is 713 g/mol. The van der Waals surface area contributed by atoms with Crippen LogP contribution in [0.4, 0.5) is 0 Å². The van der Waals surface area contributed by atoms with E-state index in [9.17, 15) is 0 Å². The maximum Gasteiger partial charge on any atom is 0 e. The van der Waals surface area contributed by atoms with Crippen LogP contribution in [0.5, 0.6) is 0 Å². The van der Waals surface area contributed by atoms with Crippen LogP contribution in [0.3, 0.4) is 0 Å². The van der Waals surface area contributed by atoms with Crippen molar-refractivity contribution in [2.45, 2.75) is 99.8 Å². The van der Waals surface area contributed by atoms with Crippen LogP contribution >= 0.6 is 0 Å². The molecule has 0 saturated carbocycles. The van der Waals surface area contributed by atoms with Crippen molar-refractivity contribution < 1.29 is 25.8 Å². The van der Waals surface area contributed by atoms with E-state index >= 15 is 0 Å². The summed E-state index contributed by atoms with van der Waals surface area (Å²) in [5.74, 6) is 0. The molecule has 0 radical (unpaired) electrons. The minimum Gasteiger partial charge on any atom is -0.665 e. The Kier molecular flexibility index (Phi) is 49.2. The largest absolute Gasteiger partial charge is 0.665 e. The molecule has 0 N–H and O–H groups in total. The van der Waals surface area contributed by atoms with Crippen molar-refractivity contribution >= 4 is 0 Å². The number of hydrogen-bond acceptors (Lipinski definition) is 0. The van der Waals surface area contributed by atoms with E-state index in [-0.39, 0.29) is 25.8 Å². The fourth-order valence-electron chi connectivity index (χ4n) is 3.48. The van der Waals surface area contributed by atoms with Crippen molar-refractivity contribution in [3.8, 4) is 0 Å². The van der Waals surface area contributed by atoms with Gasteiger partial charge in [-0.1, -0.05) is 99.8 Å². The molecule has 0 aliphatic rings. The fourth-order valence-corrected chi connectivity index (χ4v) is 3.48. The molecule has 0 amide bonds. The molecule has 4 heteroatoms. The van der Waals surface area contributed by atoms with Crippen molar-refractivity contribution in [3.05, 3.63) is 135 Å². The minimum atomic E-state index is 0. The van der Waals surface area contributed by atoms with Crippen molar-refractivity contribution in [1.82, 2.24) is 0 Å². The second-order valence-electron chi connectivity index (χ2n) is 10.1. The summed E-state index contributed by atoms with van der Waals surface area (Å²) in [6.07, 6.45) is 9.93. The van der Waals surface area contributed by atoms with E-state index < -0.39 is 0 Å². The summed E-state index contributed by atoms with van der Waals surface area (Å²) >= 11 is 0. The van der Waals surface area contributed by atoms with Gasteiger partial charge in [-0.15, -0.1) is 0 Å². The molecule has 3 nitrogen and oxygen atoms in total. The Morgan fingerprint density at radius 3 is 0.556 bits per heavy atom. The number of aryl methyl sites for hydroxylation is 4. The van der Waals surface area contributed by atoms with Crippen LogP contribution in [0.2, 0.25) is 0 Å². The Labute approximate surface area is 300 Å². The molecule has 0 aromatic heterocycles. The Morgan fingerprint density at radius 1 is 0.333 bits per heavy atom. The summed E-state index contributed by atoms with van der Waals surface area (Å²) in [6.45, 7) is 17.7. The zero-order valence-electron chi connectivity index (χ0n) is 30.9. The smallest absolute Gasteiger partial charge is 0 e. The second kappa shape index (κ2) is 44.3. The molecule has 0 aliphatic carbocycles. The average Bonchev–Trinajstić information content (AvgIpc) is 3.89. The van der Waals surface area contributed by atoms with Gasteiger partial charge in [-0.05, 0) is 0 Å². The minimum absolute atomic E-state index is 0. The van der Waals surface area contributed by atoms with Gasteiger partial charge in [-0.3, -0.25) is 0 Å². The normalized spacial score (nSPS) is 8.84. The molecule has 4 rings (SSSR count). The monoisotopic (exact) mass is 782 g/mol. The average molecular weight is 782 g/mol. The van der Waals surface area contributed by atoms with Gasteiger partial charge in [0.1, 0.15) is 0 Å². The summed E-state index contributed by atoms with van der Waals surface area (Å²) in [5, 5.41) is 11.2. The third kappa shape index (κ3) is 40.1. The van der Waals surface area contributed by atoms with Crippen molar-refractivity contribution in [3.63, 3.8) is 0 Å². The Hall–Kier alpha value is -1.85. The first kappa shape index (κ1) is 50.0. The third-order valence-electron chi connectivity index (χ3n) is 6.03. The topological polar surface area (TPSA) is 42.3 Å². The van der Waals surface area contributed by atoms with Gasteiger partial charge in [0.05, 0.1) is 0 Å². The van der Waals surface area contributed by atoms with E-state index in [1.165, 1.54) is 73.6 Å². The standard InChI is InChI=1S/4C8H11.3C3H8N.Hf/c4*1-2-5-8-6-3-4-7-8;3*1-3-4-2;/h4*3-4,6-7H,2,5H2,1H3;3*3H2,1-2H3;/q7*-1;.